The topological polar surface area (TPSA) is 83.5 Å². The lowest BCUT2D eigenvalue weighted by Crippen LogP contribution is -2.24. The van der Waals surface area contributed by atoms with Gasteiger partial charge >= 0.3 is 5.97 Å². The van der Waals surface area contributed by atoms with Crippen LogP contribution in [0.25, 0.3) is 0 Å². The Hall–Kier alpha value is -1.96. The van der Waals surface area contributed by atoms with Gasteiger partial charge in [0, 0.05) is 12.1 Å². The number of carboxylic acid groups (broad SMARTS) is 1. The van der Waals surface area contributed by atoms with Gasteiger partial charge in [-0.1, -0.05) is 29.8 Å². The van der Waals surface area contributed by atoms with Gasteiger partial charge in [0.2, 0.25) is 10.0 Å². The van der Waals surface area contributed by atoms with Crippen molar-refractivity contribution >= 4 is 27.6 Å². The molecule has 0 aliphatic rings. The molecule has 0 aromatic heterocycles. The quantitative estimate of drug-likeness (QED) is 0.874. The van der Waals surface area contributed by atoms with Crippen LogP contribution in [0.5, 0.6) is 0 Å². The predicted octanol–water partition coefficient (Wildman–Crippen LogP) is 2.66. The molecule has 5 nitrogen and oxygen atoms in total. The lowest BCUT2D eigenvalue weighted by molar-refractivity contribution is 0.0697. The average molecular weight is 344 g/mol. The van der Waals surface area contributed by atoms with E-state index in [9.17, 15) is 17.6 Å². The van der Waals surface area contributed by atoms with Gasteiger partial charge in [-0.3, -0.25) is 0 Å². The van der Waals surface area contributed by atoms with Gasteiger partial charge in [-0.2, -0.15) is 0 Å². The molecular weight excluding hydrogens is 333 g/mol. The fourth-order valence-corrected chi connectivity index (χ4v) is 2.96. The van der Waals surface area contributed by atoms with Crippen molar-refractivity contribution < 1.29 is 22.7 Å². The van der Waals surface area contributed by atoms with E-state index in [2.05, 4.69) is 4.72 Å². The predicted molar refractivity (Wildman–Crippen MR) is 78.8 cm³/mol. The number of benzene rings is 2. The molecule has 0 fully saturated rings. The van der Waals surface area contributed by atoms with Gasteiger partial charge in [-0.05, 0) is 24.3 Å². The van der Waals surface area contributed by atoms with E-state index in [4.69, 9.17) is 16.7 Å². The number of rotatable bonds is 5. The van der Waals surface area contributed by atoms with Crippen molar-refractivity contribution in [2.75, 3.05) is 0 Å². The molecule has 8 heteroatoms. The molecule has 2 aromatic carbocycles. The molecule has 0 aliphatic heterocycles. The summed E-state index contributed by atoms with van der Waals surface area (Å²) in [6.07, 6.45) is 0. The standard InChI is InChI=1S/C14H11ClFNO4S/c15-12-6-5-10(7-11(12)14(18)19)22(20,21)17-8-9-3-1-2-4-13(9)16/h1-7,17H,8H2,(H,18,19). The van der Waals surface area contributed by atoms with Crippen LogP contribution in [0, 0.1) is 5.82 Å². The number of aromatic carboxylic acids is 1. The van der Waals surface area contributed by atoms with Gasteiger partial charge in [-0.25, -0.2) is 22.3 Å². The Morgan fingerprint density at radius 1 is 1.23 bits per heavy atom. The largest absolute Gasteiger partial charge is 0.478 e. The zero-order chi connectivity index (χ0) is 16.3. The highest BCUT2D eigenvalue weighted by Gasteiger charge is 2.18. The number of carbonyl (C=O) groups is 1. The molecule has 0 heterocycles. The van der Waals surface area contributed by atoms with Crippen LogP contribution in [0.1, 0.15) is 15.9 Å². The summed E-state index contributed by atoms with van der Waals surface area (Å²) in [5.74, 6) is -1.87. The monoisotopic (exact) mass is 343 g/mol. The Bertz CT molecular complexity index is 823. The Morgan fingerprint density at radius 2 is 1.91 bits per heavy atom. The lowest BCUT2D eigenvalue weighted by Gasteiger charge is -2.09. The number of sulfonamides is 1. The number of nitrogens with one attached hydrogen (secondary N) is 1. The maximum absolute atomic E-state index is 13.5. The normalized spacial score (nSPS) is 11.4. The van der Waals surface area contributed by atoms with Gasteiger partial charge in [0.25, 0.3) is 0 Å². The van der Waals surface area contributed by atoms with Crippen LogP contribution in [0.4, 0.5) is 4.39 Å². The maximum atomic E-state index is 13.5. The summed E-state index contributed by atoms with van der Waals surface area (Å²) in [6, 6.07) is 9.05. The van der Waals surface area contributed by atoms with E-state index < -0.39 is 21.8 Å². The minimum atomic E-state index is -3.99. The number of carboxylic acids is 1. The molecule has 0 amide bonds. The third-order valence-electron chi connectivity index (χ3n) is 2.89. The highest BCUT2D eigenvalue weighted by molar-refractivity contribution is 7.89. The Labute approximate surface area is 131 Å². The molecule has 22 heavy (non-hydrogen) atoms. The fourth-order valence-electron chi connectivity index (χ4n) is 1.73. The molecule has 0 unspecified atom stereocenters. The average Bonchev–Trinajstić information content (AvgIpc) is 2.46. The molecule has 0 saturated carbocycles. The molecule has 2 N–H and O–H groups in total. The Morgan fingerprint density at radius 3 is 2.55 bits per heavy atom. The third-order valence-corrected chi connectivity index (χ3v) is 4.62. The first-order chi connectivity index (χ1) is 10.3. The van der Waals surface area contributed by atoms with E-state index in [-0.39, 0.29) is 27.6 Å². The first-order valence-corrected chi connectivity index (χ1v) is 7.93. The summed E-state index contributed by atoms with van der Waals surface area (Å²) in [7, 11) is -3.99. The van der Waals surface area contributed by atoms with Crippen molar-refractivity contribution in [3.63, 3.8) is 0 Å². The molecule has 0 radical (unpaired) electrons. The molecule has 0 atom stereocenters. The number of hydrogen-bond acceptors (Lipinski definition) is 3. The molecule has 0 aliphatic carbocycles. The number of hydrogen-bond donors (Lipinski definition) is 2. The second-order valence-corrected chi connectivity index (χ2v) is 6.54. The summed E-state index contributed by atoms with van der Waals surface area (Å²) in [6.45, 7) is -0.250. The van der Waals surface area contributed by atoms with Crippen molar-refractivity contribution in [3.8, 4) is 0 Å². The molecule has 2 aromatic rings. The van der Waals surface area contributed by atoms with Crippen molar-refractivity contribution in [3.05, 3.63) is 64.4 Å². The molecule has 2 rings (SSSR count). The summed E-state index contributed by atoms with van der Waals surface area (Å²) in [5.41, 5.74) is -0.145. The third kappa shape index (κ3) is 3.62. The first-order valence-electron chi connectivity index (χ1n) is 6.07. The van der Waals surface area contributed by atoms with E-state index >= 15 is 0 Å². The molecule has 116 valence electrons. The fraction of sp³-hybridized carbons (Fsp3) is 0.0714. The highest BCUT2D eigenvalue weighted by atomic mass is 35.5. The molecule has 0 bridgehead atoms. The van der Waals surface area contributed by atoms with Crippen LogP contribution in [-0.4, -0.2) is 19.5 Å². The van der Waals surface area contributed by atoms with E-state index in [1.54, 1.807) is 6.07 Å². The SMILES string of the molecule is O=C(O)c1cc(S(=O)(=O)NCc2ccccc2F)ccc1Cl. The van der Waals surface area contributed by atoms with E-state index in [0.717, 1.165) is 6.07 Å². The highest BCUT2D eigenvalue weighted by Crippen LogP contribution is 2.20. The summed E-state index contributed by atoms with van der Waals surface area (Å²) in [5, 5.41) is 8.88. The molecular formula is C14H11ClFNO4S. The van der Waals surface area contributed by atoms with Crippen LogP contribution in [0.15, 0.2) is 47.4 Å². The first kappa shape index (κ1) is 16.4. The van der Waals surface area contributed by atoms with Crippen molar-refractivity contribution in [1.29, 1.82) is 0 Å². The number of halogens is 2. The zero-order valence-electron chi connectivity index (χ0n) is 11.1. The van der Waals surface area contributed by atoms with Gasteiger partial charge < -0.3 is 5.11 Å². The lowest BCUT2D eigenvalue weighted by atomic mass is 10.2. The maximum Gasteiger partial charge on any atom is 0.337 e. The van der Waals surface area contributed by atoms with Crippen molar-refractivity contribution in [2.24, 2.45) is 0 Å². The van der Waals surface area contributed by atoms with Crippen LogP contribution >= 0.6 is 11.6 Å². The van der Waals surface area contributed by atoms with E-state index in [0.29, 0.717) is 0 Å². The Balaban J connectivity index is 2.26. The minimum absolute atomic E-state index is 0.0689. The van der Waals surface area contributed by atoms with Gasteiger partial charge in [0.05, 0.1) is 15.5 Å². The van der Waals surface area contributed by atoms with E-state index in [1.165, 1.54) is 30.3 Å². The van der Waals surface area contributed by atoms with Crippen LogP contribution in [-0.2, 0) is 16.6 Å². The van der Waals surface area contributed by atoms with Gasteiger partial charge in [0.15, 0.2) is 0 Å². The summed E-state index contributed by atoms with van der Waals surface area (Å²) in [4.78, 5) is 10.7. The van der Waals surface area contributed by atoms with Crippen molar-refractivity contribution in [1.82, 2.24) is 4.72 Å². The molecule has 0 saturated heterocycles. The Kier molecular flexibility index (Phi) is 4.80. The van der Waals surface area contributed by atoms with Crippen LogP contribution in [0.2, 0.25) is 5.02 Å². The second-order valence-electron chi connectivity index (χ2n) is 4.36. The minimum Gasteiger partial charge on any atom is -0.478 e. The van der Waals surface area contributed by atoms with E-state index in [1.807, 2.05) is 0 Å². The second kappa shape index (κ2) is 6.43. The van der Waals surface area contributed by atoms with Gasteiger partial charge in [0.1, 0.15) is 5.82 Å². The van der Waals surface area contributed by atoms with Crippen LogP contribution < -0.4 is 4.72 Å². The summed E-state index contributed by atoms with van der Waals surface area (Å²) < 4.78 is 39.9. The zero-order valence-corrected chi connectivity index (χ0v) is 12.7. The van der Waals surface area contributed by atoms with Gasteiger partial charge in [-0.15, -0.1) is 0 Å². The summed E-state index contributed by atoms with van der Waals surface area (Å²) >= 11 is 5.69. The van der Waals surface area contributed by atoms with Crippen LogP contribution in [0.3, 0.4) is 0 Å². The van der Waals surface area contributed by atoms with Crippen molar-refractivity contribution in [2.45, 2.75) is 11.4 Å². The molecule has 0 spiro atoms. The smallest absolute Gasteiger partial charge is 0.337 e.